The normalized spacial score (nSPS) is 17.1. The number of benzene rings is 1. The number of carbonyl (C=O) groups is 2. The Kier molecular flexibility index (Phi) is 24.8. The molecule has 306 valence electrons. The number of methoxy groups -OCH3 is 1. The first-order valence-electron chi connectivity index (χ1n) is 21.2. The number of carbonyl (C=O) groups excluding carboxylic acids is 2. The summed E-state index contributed by atoms with van der Waals surface area (Å²) in [4.78, 5) is 25.1. The van der Waals surface area contributed by atoms with Crippen LogP contribution in [0.3, 0.4) is 0 Å². The molecule has 6 atom stereocenters. The first kappa shape index (κ1) is 46.8. The van der Waals surface area contributed by atoms with Gasteiger partial charge in [-0.3, -0.25) is 4.79 Å². The van der Waals surface area contributed by atoms with Crippen molar-refractivity contribution in [2.45, 2.75) is 205 Å². The van der Waals surface area contributed by atoms with Crippen molar-refractivity contribution in [3.05, 3.63) is 23.3 Å². The first-order chi connectivity index (χ1) is 25.5. The highest BCUT2D eigenvalue weighted by atomic mass is 16.5. The third kappa shape index (κ3) is 20.2. The van der Waals surface area contributed by atoms with Crippen molar-refractivity contribution in [3.8, 4) is 11.5 Å². The first-order valence-corrected chi connectivity index (χ1v) is 21.2. The summed E-state index contributed by atoms with van der Waals surface area (Å²) in [6.07, 6.45) is 21.8. The van der Waals surface area contributed by atoms with Crippen LogP contribution in [0.4, 0.5) is 0 Å². The molecule has 1 heterocycles. The van der Waals surface area contributed by atoms with Crippen molar-refractivity contribution in [3.63, 3.8) is 0 Å². The van der Waals surface area contributed by atoms with Crippen molar-refractivity contribution in [1.82, 2.24) is 10.6 Å². The number of phenols is 2. The van der Waals surface area contributed by atoms with Gasteiger partial charge >= 0.3 is 5.97 Å². The number of rotatable bonds is 31. The van der Waals surface area contributed by atoms with E-state index in [4.69, 9.17) is 4.74 Å². The molecule has 1 aliphatic heterocycles. The number of unbranched alkanes of at least 4 members (excludes halogenated alkanes) is 14. The highest BCUT2D eigenvalue weighted by Gasteiger charge is 2.28. The average molecular weight is 749 g/mol. The van der Waals surface area contributed by atoms with E-state index < -0.39 is 30.3 Å². The van der Waals surface area contributed by atoms with Gasteiger partial charge in [-0.05, 0) is 75.5 Å². The van der Waals surface area contributed by atoms with Gasteiger partial charge in [-0.2, -0.15) is 0 Å². The maximum Gasteiger partial charge on any atom is 0.328 e. The van der Waals surface area contributed by atoms with E-state index in [1.165, 1.54) is 71.0 Å². The molecule has 2 unspecified atom stereocenters. The third-order valence-electron chi connectivity index (χ3n) is 11.1. The Labute approximate surface area is 320 Å². The fourth-order valence-corrected chi connectivity index (χ4v) is 7.75. The van der Waals surface area contributed by atoms with Crippen molar-refractivity contribution < 1.29 is 39.9 Å². The van der Waals surface area contributed by atoms with E-state index in [-0.39, 0.29) is 23.4 Å². The molecule has 7 N–H and O–H groups in total. The van der Waals surface area contributed by atoms with E-state index in [1.807, 2.05) is 0 Å². The Hall–Kier alpha value is -2.40. The van der Waals surface area contributed by atoms with Crippen molar-refractivity contribution in [1.29, 1.82) is 0 Å². The fraction of sp³-hybridized carbons (Fsp3) is 0.814. The lowest BCUT2D eigenvalue weighted by molar-refractivity contribution is -0.145. The minimum atomic E-state index is -0.762. The van der Waals surface area contributed by atoms with E-state index in [0.717, 1.165) is 68.9 Å². The zero-order chi connectivity index (χ0) is 38.8. The summed E-state index contributed by atoms with van der Waals surface area (Å²) in [7, 11) is 1.32. The van der Waals surface area contributed by atoms with Crippen LogP contribution in [0.1, 0.15) is 185 Å². The Bertz CT molecular complexity index is 1130. The van der Waals surface area contributed by atoms with Crippen LogP contribution >= 0.6 is 0 Å². The Balaban J connectivity index is 1.46. The summed E-state index contributed by atoms with van der Waals surface area (Å²) in [6.45, 7) is 5.08. The van der Waals surface area contributed by atoms with Crippen LogP contribution in [-0.2, 0) is 20.7 Å². The average Bonchev–Trinajstić information content (AvgIpc) is 3.13. The third-order valence-corrected chi connectivity index (χ3v) is 11.1. The van der Waals surface area contributed by atoms with Gasteiger partial charge in [0.25, 0.3) is 0 Å². The highest BCUT2D eigenvalue weighted by Crippen LogP contribution is 2.37. The van der Waals surface area contributed by atoms with E-state index in [0.29, 0.717) is 57.4 Å². The summed E-state index contributed by atoms with van der Waals surface area (Å²) < 4.78 is 4.95. The number of nitrogens with one attached hydrogen (secondary N) is 2. The summed E-state index contributed by atoms with van der Waals surface area (Å²) in [5.74, 6) is -0.176. The lowest BCUT2D eigenvalue weighted by atomic mass is 9.89. The molecule has 2 rings (SSSR count). The van der Waals surface area contributed by atoms with Gasteiger partial charge < -0.3 is 40.9 Å². The van der Waals surface area contributed by atoms with Crippen LogP contribution in [0.2, 0.25) is 0 Å². The SMILES string of the molecule is CCCCCCCC[C@H](C)C[C@H](O)[C@@H](O)CC[C@@H](O)CCCCCCCCCCCCC(=O)NC(CCC1NCCc2cc(O)cc(O)c21)C(=O)OC. The Morgan fingerprint density at radius 1 is 0.792 bits per heavy atom. The van der Waals surface area contributed by atoms with Crippen LogP contribution in [-0.4, -0.2) is 75.4 Å². The summed E-state index contributed by atoms with van der Waals surface area (Å²) in [5, 5.41) is 57.7. The number of aromatic hydroxyl groups is 2. The fourth-order valence-electron chi connectivity index (χ4n) is 7.75. The van der Waals surface area contributed by atoms with Crippen LogP contribution in [0.15, 0.2) is 12.1 Å². The maximum absolute atomic E-state index is 12.7. The molecular weight excluding hydrogens is 672 g/mol. The molecule has 0 aliphatic carbocycles. The van der Waals surface area contributed by atoms with Crippen molar-refractivity contribution in [2.24, 2.45) is 5.92 Å². The van der Waals surface area contributed by atoms with E-state index >= 15 is 0 Å². The Morgan fingerprint density at radius 2 is 1.40 bits per heavy atom. The van der Waals surface area contributed by atoms with Crippen molar-refractivity contribution >= 4 is 11.9 Å². The lowest BCUT2D eigenvalue weighted by Crippen LogP contribution is -2.42. The Morgan fingerprint density at radius 3 is 2.04 bits per heavy atom. The molecule has 1 aromatic rings. The molecule has 0 fully saturated rings. The van der Waals surface area contributed by atoms with Gasteiger partial charge in [-0.25, -0.2) is 4.79 Å². The van der Waals surface area contributed by atoms with E-state index in [9.17, 15) is 35.1 Å². The van der Waals surface area contributed by atoms with Crippen LogP contribution in [0.25, 0.3) is 0 Å². The van der Waals surface area contributed by atoms with E-state index in [2.05, 4.69) is 24.5 Å². The zero-order valence-electron chi connectivity index (χ0n) is 33.5. The highest BCUT2D eigenvalue weighted by molar-refractivity contribution is 5.84. The largest absolute Gasteiger partial charge is 0.508 e. The number of aliphatic hydroxyl groups is 3. The quantitative estimate of drug-likeness (QED) is 0.0294. The molecule has 1 aromatic carbocycles. The number of amides is 1. The molecule has 1 aliphatic rings. The topological polar surface area (TPSA) is 169 Å². The molecule has 53 heavy (non-hydrogen) atoms. The maximum atomic E-state index is 12.7. The van der Waals surface area contributed by atoms with Gasteiger partial charge in [0.15, 0.2) is 0 Å². The molecule has 10 nitrogen and oxygen atoms in total. The van der Waals surface area contributed by atoms with Gasteiger partial charge in [0.1, 0.15) is 17.5 Å². The minimum absolute atomic E-state index is 0.0302. The second-order valence-electron chi connectivity index (χ2n) is 15.9. The molecule has 1 amide bonds. The van der Waals surface area contributed by atoms with Gasteiger partial charge in [0.2, 0.25) is 5.91 Å². The van der Waals surface area contributed by atoms with Gasteiger partial charge in [-0.1, -0.05) is 117 Å². The molecule has 0 saturated carbocycles. The minimum Gasteiger partial charge on any atom is -0.508 e. The second kappa shape index (κ2) is 28.1. The molecule has 0 saturated heterocycles. The number of aliphatic hydroxyl groups excluding tert-OH is 3. The monoisotopic (exact) mass is 749 g/mol. The zero-order valence-corrected chi connectivity index (χ0v) is 33.5. The number of esters is 1. The lowest BCUT2D eigenvalue weighted by Gasteiger charge is -2.29. The number of fused-ring (bicyclic) bond motifs is 1. The molecule has 10 heteroatoms. The van der Waals surface area contributed by atoms with Crippen LogP contribution in [0.5, 0.6) is 11.5 Å². The molecule has 0 spiro atoms. The summed E-state index contributed by atoms with van der Waals surface area (Å²) >= 11 is 0. The second-order valence-corrected chi connectivity index (χ2v) is 15.9. The molecule has 0 radical (unpaired) electrons. The van der Waals surface area contributed by atoms with Gasteiger partial charge in [0, 0.05) is 24.1 Å². The predicted molar refractivity (Wildman–Crippen MR) is 212 cm³/mol. The van der Waals surface area contributed by atoms with Crippen molar-refractivity contribution in [2.75, 3.05) is 13.7 Å². The predicted octanol–water partition coefficient (Wildman–Crippen LogP) is 8.04. The number of hydrogen-bond donors (Lipinski definition) is 7. The van der Waals surface area contributed by atoms with Gasteiger partial charge in [0.05, 0.1) is 25.4 Å². The smallest absolute Gasteiger partial charge is 0.328 e. The molecule has 0 aromatic heterocycles. The van der Waals surface area contributed by atoms with Crippen LogP contribution < -0.4 is 10.6 Å². The number of ether oxygens (including phenoxy) is 1. The summed E-state index contributed by atoms with van der Waals surface area (Å²) in [6, 6.07) is 2.05. The van der Waals surface area contributed by atoms with Crippen LogP contribution in [0, 0.1) is 5.92 Å². The van der Waals surface area contributed by atoms with Gasteiger partial charge in [-0.15, -0.1) is 0 Å². The number of hydrogen-bond acceptors (Lipinski definition) is 9. The molecular formula is C43H76N2O8. The molecule has 0 bridgehead atoms. The summed E-state index contributed by atoms with van der Waals surface area (Å²) in [5.41, 5.74) is 1.62. The van der Waals surface area contributed by atoms with E-state index in [1.54, 1.807) is 6.07 Å². The standard InChI is InChI=1S/C43H76N2O8/c1-4-5-6-7-14-17-20-32(2)29-39(49)38(48)26-23-34(46)21-18-15-12-10-8-9-11-13-16-19-22-41(51)45-37(43(52)53-3)25-24-36-42-33(27-28-44-36)30-35(47)31-40(42)50/h30-32,34,36-39,44,46-50H,4-29H2,1-3H3,(H,45,51)/t32-,34-,36?,37?,38-,39-/m0/s1. The number of phenolic OH excluding ortho intramolecular Hbond substituents is 2.